The first kappa shape index (κ1) is 18.1. The van der Waals surface area contributed by atoms with E-state index in [-0.39, 0.29) is 6.61 Å². The molecule has 0 bridgehead atoms. The molecule has 0 fully saturated rings. The third-order valence-corrected chi connectivity index (χ3v) is 4.55. The van der Waals surface area contributed by atoms with E-state index in [9.17, 15) is 0 Å². The fraction of sp³-hybridized carbons (Fsp3) is 0.0952. The molecule has 0 amide bonds. The Morgan fingerprint density at radius 2 is 1.81 bits per heavy atom. The lowest BCUT2D eigenvalue weighted by molar-refractivity contribution is 0.370. The third kappa shape index (κ3) is 4.11. The summed E-state index contributed by atoms with van der Waals surface area (Å²) in [6.45, 7) is 0.613. The highest BCUT2D eigenvalue weighted by molar-refractivity contribution is 6.35. The lowest BCUT2D eigenvalue weighted by Gasteiger charge is -2.10. The molecule has 3 rings (SSSR count). The molecule has 3 nitrogen and oxygen atoms in total. The van der Waals surface area contributed by atoms with E-state index in [1.54, 1.807) is 18.3 Å². The summed E-state index contributed by atoms with van der Waals surface area (Å²) in [5.41, 5.74) is 4.64. The van der Waals surface area contributed by atoms with Gasteiger partial charge in [0.25, 0.3) is 0 Å². The lowest BCUT2D eigenvalue weighted by Crippen LogP contribution is -2.07. The van der Waals surface area contributed by atoms with Crippen molar-refractivity contribution in [1.29, 1.82) is 0 Å². The first-order valence-electron chi connectivity index (χ1n) is 7.97. The van der Waals surface area contributed by atoms with Crippen LogP contribution in [-0.4, -0.2) is 12.8 Å². The van der Waals surface area contributed by atoms with Crippen molar-refractivity contribution in [3.8, 4) is 18.1 Å². The van der Waals surface area contributed by atoms with Crippen LogP contribution < -0.4 is 10.2 Å². The normalized spacial score (nSPS) is 10.8. The van der Waals surface area contributed by atoms with Crippen LogP contribution in [0.4, 0.5) is 0 Å². The van der Waals surface area contributed by atoms with Gasteiger partial charge >= 0.3 is 0 Å². The van der Waals surface area contributed by atoms with Crippen LogP contribution in [0.15, 0.2) is 59.7 Å². The van der Waals surface area contributed by atoms with Crippen molar-refractivity contribution in [3.05, 3.63) is 75.8 Å². The summed E-state index contributed by atoms with van der Waals surface area (Å²) in [5.74, 6) is 3.16. The monoisotopic (exact) mass is 382 g/mol. The number of benzene rings is 3. The predicted octanol–water partition coefficient (Wildman–Crippen LogP) is 5.28. The molecule has 0 aliphatic rings. The zero-order valence-corrected chi connectivity index (χ0v) is 15.4. The van der Waals surface area contributed by atoms with Gasteiger partial charge in [0, 0.05) is 21.2 Å². The maximum atomic E-state index is 6.17. The Morgan fingerprint density at radius 1 is 1.04 bits per heavy atom. The highest BCUT2D eigenvalue weighted by Gasteiger charge is 2.07. The molecule has 5 heteroatoms. The lowest BCUT2D eigenvalue weighted by atomic mass is 10.0. The van der Waals surface area contributed by atoms with Gasteiger partial charge in [-0.3, -0.25) is 0 Å². The topological polar surface area (TPSA) is 33.6 Å². The molecule has 0 saturated carbocycles. The number of nitrogens with one attached hydrogen (secondary N) is 1. The summed E-state index contributed by atoms with van der Waals surface area (Å²) < 4.78 is 5.65. The fourth-order valence-corrected chi connectivity index (χ4v) is 3.12. The molecule has 0 atom stereocenters. The molecule has 0 aromatic heterocycles. The smallest absolute Gasteiger partial charge is 0.148 e. The van der Waals surface area contributed by atoms with Crippen molar-refractivity contribution in [3.63, 3.8) is 0 Å². The second-order valence-corrected chi connectivity index (χ2v) is 6.30. The largest absolute Gasteiger partial charge is 0.480 e. The molecule has 0 saturated heterocycles. The van der Waals surface area contributed by atoms with Gasteiger partial charge < -0.3 is 10.2 Å². The molecule has 3 aromatic rings. The number of rotatable bonds is 6. The van der Waals surface area contributed by atoms with Crippen LogP contribution in [0.2, 0.25) is 10.0 Å². The minimum Gasteiger partial charge on any atom is -0.480 e. The summed E-state index contributed by atoms with van der Waals surface area (Å²) in [7, 11) is 0. The summed E-state index contributed by atoms with van der Waals surface area (Å²) in [6, 6.07) is 17.3. The highest BCUT2D eigenvalue weighted by Crippen LogP contribution is 2.27. The van der Waals surface area contributed by atoms with E-state index in [1.165, 1.54) is 0 Å². The van der Waals surface area contributed by atoms with Crippen molar-refractivity contribution in [2.75, 3.05) is 6.61 Å². The van der Waals surface area contributed by atoms with Gasteiger partial charge in [0.15, 0.2) is 0 Å². The van der Waals surface area contributed by atoms with E-state index in [4.69, 9.17) is 34.4 Å². The van der Waals surface area contributed by atoms with Crippen molar-refractivity contribution >= 4 is 40.2 Å². The van der Waals surface area contributed by atoms with Gasteiger partial charge in [-0.15, -0.1) is 6.42 Å². The molecule has 3 aromatic carbocycles. The summed E-state index contributed by atoms with van der Waals surface area (Å²) >= 11 is 12.3. The average molecular weight is 383 g/mol. The molecule has 0 unspecified atom stereocenters. The molecule has 0 aliphatic heterocycles. The first-order chi connectivity index (χ1) is 12.7. The zero-order chi connectivity index (χ0) is 18.4. The van der Waals surface area contributed by atoms with Crippen LogP contribution in [0.3, 0.4) is 0 Å². The minimum atomic E-state index is 0.196. The molecular formula is C21H16Cl2N2O. The second kappa shape index (κ2) is 8.62. The summed E-state index contributed by atoms with van der Waals surface area (Å²) in [4.78, 5) is 0. The number of hydrogen-bond donors (Lipinski definition) is 1. The summed E-state index contributed by atoms with van der Waals surface area (Å²) in [6.07, 6.45) is 7.03. The van der Waals surface area contributed by atoms with Gasteiger partial charge in [-0.05, 0) is 29.0 Å². The highest BCUT2D eigenvalue weighted by atomic mass is 35.5. The number of ether oxygens (including phenoxy) is 1. The predicted molar refractivity (Wildman–Crippen MR) is 109 cm³/mol. The second-order valence-electron chi connectivity index (χ2n) is 5.48. The van der Waals surface area contributed by atoms with Crippen molar-refractivity contribution in [2.45, 2.75) is 6.54 Å². The number of terminal acetylenes is 1. The van der Waals surface area contributed by atoms with Gasteiger partial charge in [-0.1, -0.05) is 65.5 Å². The van der Waals surface area contributed by atoms with E-state index in [1.807, 2.05) is 42.5 Å². The van der Waals surface area contributed by atoms with E-state index in [2.05, 4.69) is 16.4 Å². The van der Waals surface area contributed by atoms with Crippen LogP contribution in [0, 0.1) is 12.3 Å². The Morgan fingerprint density at radius 3 is 2.58 bits per heavy atom. The van der Waals surface area contributed by atoms with Gasteiger partial charge in [0.05, 0.1) is 12.8 Å². The molecule has 0 spiro atoms. The zero-order valence-electron chi connectivity index (χ0n) is 13.9. The van der Waals surface area contributed by atoms with Crippen molar-refractivity contribution in [1.82, 2.24) is 5.43 Å². The SMILES string of the molecule is C#CCOc1ccc2ccccc2c1/C=N\NCc1c(Cl)cccc1Cl. The van der Waals surface area contributed by atoms with Gasteiger partial charge in [-0.2, -0.15) is 5.10 Å². The van der Waals surface area contributed by atoms with Crippen molar-refractivity contribution < 1.29 is 4.74 Å². The summed E-state index contributed by atoms with van der Waals surface area (Å²) in [5, 5.41) is 7.64. The molecule has 0 heterocycles. The van der Waals surface area contributed by atoms with Gasteiger partial charge in [0.1, 0.15) is 12.4 Å². The molecule has 130 valence electrons. The number of halogens is 2. The maximum absolute atomic E-state index is 6.17. The number of hydrazone groups is 1. The molecular weight excluding hydrogens is 367 g/mol. The Balaban J connectivity index is 1.84. The Hall–Kier alpha value is -2.67. The standard InChI is InChI=1S/C21H16Cl2N2O/c1-2-12-26-21-11-10-15-6-3-4-7-16(15)17(21)13-24-25-14-18-19(22)8-5-9-20(18)23/h1,3-11,13,25H,12,14H2/b24-13-. The van der Waals surface area contributed by atoms with Gasteiger partial charge in [0.2, 0.25) is 0 Å². The number of hydrogen-bond acceptors (Lipinski definition) is 3. The molecule has 1 N–H and O–H groups in total. The van der Waals surface area contributed by atoms with Crippen molar-refractivity contribution in [2.24, 2.45) is 5.10 Å². The van der Waals surface area contributed by atoms with Crippen LogP contribution in [0.5, 0.6) is 5.75 Å². The molecule has 26 heavy (non-hydrogen) atoms. The number of nitrogens with zero attached hydrogens (tertiary/aromatic N) is 1. The average Bonchev–Trinajstić information content (AvgIpc) is 2.66. The number of fused-ring (bicyclic) bond motifs is 1. The quantitative estimate of drug-likeness (QED) is 0.357. The van der Waals surface area contributed by atoms with Gasteiger partial charge in [-0.25, -0.2) is 0 Å². The fourth-order valence-electron chi connectivity index (χ4n) is 2.59. The van der Waals surface area contributed by atoms with E-state index >= 15 is 0 Å². The Bertz CT molecular complexity index is 973. The minimum absolute atomic E-state index is 0.196. The van der Waals surface area contributed by atoms with Crippen LogP contribution in [0.1, 0.15) is 11.1 Å². The Kier molecular flexibility index (Phi) is 6.01. The first-order valence-corrected chi connectivity index (χ1v) is 8.73. The van der Waals surface area contributed by atoms with Crippen LogP contribution in [0.25, 0.3) is 10.8 Å². The molecule has 0 aliphatic carbocycles. The molecule has 0 radical (unpaired) electrons. The third-order valence-electron chi connectivity index (χ3n) is 3.84. The van der Waals surface area contributed by atoms with Crippen LogP contribution >= 0.6 is 23.2 Å². The van der Waals surface area contributed by atoms with Crippen LogP contribution in [-0.2, 0) is 6.54 Å². The van der Waals surface area contributed by atoms with E-state index < -0.39 is 0 Å². The maximum Gasteiger partial charge on any atom is 0.148 e. The van der Waals surface area contributed by atoms with E-state index in [0.717, 1.165) is 21.9 Å². The Labute approximate surface area is 162 Å². The van der Waals surface area contributed by atoms with E-state index in [0.29, 0.717) is 22.3 Å².